The second-order valence-corrected chi connectivity index (χ2v) is 2.11. The van der Waals surface area contributed by atoms with E-state index >= 15 is 0 Å². The molecule has 0 fully saturated rings. The Labute approximate surface area is 59.9 Å². The number of rotatable bonds is 4. The molecule has 0 bridgehead atoms. The van der Waals surface area contributed by atoms with Crippen LogP contribution in [0, 0.1) is 0 Å². The average molecular weight is 147 g/mol. The van der Waals surface area contributed by atoms with E-state index in [0.717, 1.165) is 0 Å². The molecule has 4 heteroatoms. The SMILES string of the molecule is CC(=O)NCC[C@H](O)CO. The number of hydrogen-bond acceptors (Lipinski definition) is 3. The number of carbonyl (C=O) groups is 1. The Hall–Kier alpha value is -0.610. The molecule has 0 heterocycles. The Kier molecular flexibility index (Phi) is 4.88. The Morgan fingerprint density at radius 1 is 1.70 bits per heavy atom. The van der Waals surface area contributed by atoms with Gasteiger partial charge in [0.1, 0.15) is 0 Å². The lowest BCUT2D eigenvalue weighted by atomic mass is 10.3. The van der Waals surface area contributed by atoms with Gasteiger partial charge in [0.05, 0.1) is 12.7 Å². The zero-order valence-corrected chi connectivity index (χ0v) is 6.00. The van der Waals surface area contributed by atoms with Crippen molar-refractivity contribution in [3.63, 3.8) is 0 Å². The van der Waals surface area contributed by atoms with Gasteiger partial charge in [-0.2, -0.15) is 0 Å². The number of aliphatic hydroxyl groups excluding tert-OH is 2. The van der Waals surface area contributed by atoms with Crippen LogP contribution in [-0.2, 0) is 4.79 Å². The van der Waals surface area contributed by atoms with Gasteiger partial charge in [0.2, 0.25) is 5.91 Å². The van der Waals surface area contributed by atoms with E-state index in [1.165, 1.54) is 6.92 Å². The zero-order chi connectivity index (χ0) is 7.98. The van der Waals surface area contributed by atoms with E-state index in [1.807, 2.05) is 0 Å². The first-order chi connectivity index (χ1) is 4.66. The largest absolute Gasteiger partial charge is 0.394 e. The van der Waals surface area contributed by atoms with Crippen LogP contribution in [0.5, 0.6) is 0 Å². The van der Waals surface area contributed by atoms with Crippen molar-refractivity contribution in [1.82, 2.24) is 5.32 Å². The van der Waals surface area contributed by atoms with Crippen molar-refractivity contribution in [2.45, 2.75) is 19.4 Å². The molecule has 0 unspecified atom stereocenters. The fourth-order valence-corrected chi connectivity index (χ4v) is 0.506. The molecule has 1 amide bonds. The van der Waals surface area contributed by atoms with Crippen molar-refractivity contribution in [2.24, 2.45) is 0 Å². The molecular weight excluding hydrogens is 134 g/mol. The van der Waals surface area contributed by atoms with Gasteiger partial charge in [0, 0.05) is 13.5 Å². The standard InChI is InChI=1S/C6H13NO3/c1-5(9)7-3-2-6(10)4-8/h6,8,10H,2-4H2,1H3,(H,7,9)/t6-/m0/s1. The molecule has 1 atom stereocenters. The fraction of sp³-hybridized carbons (Fsp3) is 0.833. The van der Waals surface area contributed by atoms with Crippen molar-refractivity contribution in [3.8, 4) is 0 Å². The molecule has 0 aliphatic heterocycles. The first-order valence-corrected chi connectivity index (χ1v) is 3.20. The molecule has 0 saturated carbocycles. The Morgan fingerprint density at radius 2 is 2.30 bits per heavy atom. The van der Waals surface area contributed by atoms with Crippen molar-refractivity contribution < 1.29 is 15.0 Å². The van der Waals surface area contributed by atoms with E-state index in [9.17, 15) is 4.79 Å². The normalized spacial score (nSPS) is 12.7. The second kappa shape index (κ2) is 5.20. The topological polar surface area (TPSA) is 69.6 Å². The van der Waals surface area contributed by atoms with E-state index in [2.05, 4.69) is 5.32 Å². The van der Waals surface area contributed by atoms with Gasteiger partial charge < -0.3 is 15.5 Å². The van der Waals surface area contributed by atoms with E-state index in [4.69, 9.17) is 10.2 Å². The Morgan fingerprint density at radius 3 is 2.70 bits per heavy atom. The first kappa shape index (κ1) is 9.39. The molecule has 0 radical (unpaired) electrons. The summed E-state index contributed by atoms with van der Waals surface area (Å²) in [7, 11) is 0. The van der Waals surface area contributed by atoms with Gasteiger partial charge >= 0.3 is 0 Å². The molecule has 0 aliphatic carbocycles. The molecule has 0 aromatic rings. The summed E-state index contributed by atoms with van der Waals surface area (Å²) in [5.74, 6) is -0.120. The third-order valence-electron chi connectivity index (χ3n) is 1.06. The molecule has 0 aromatic heterocycles. The molecule has 0 aromatic carbocycles. The van der Waals surface area contributed by atoms with Crippen LogP contribution in [0.3, 0.4) is 0 Å². The number of carbonyl (C=O) groups excluding carboxylic acids is 1. The molecule has 0 rings (SSSR count). The lowest BCUT2D eigenvalue weighted by molar-refractivity contribution is -0.119. The monoisotopic (exact) mass is 147 g/mol. The van der Waals surface area contributed by atoms with E-state index in [1.54, 1.807) is 0 Å². The second-order valence-electron chi connectivity index (χ2n) is 2.11. The average Bonchev–Trinajstić information content (AvgIpc) is 1.87. The van der Waals surface area contributed by atoms with Gasteiger partial charge in [-0.3, -0.25) is 4.79 Å². The predicted molar refractivity (Wildman–Crippen MR) is 36.4 cm³/mol. The smallest absolute Gasteiger partial charge is 0.216 e. The fourth-order valence-electron chi connectivity index (χ4n) is 0.506. The molecule has 0 spiro atoms. The van der Waals surface area contributed by atoms with Crippen LogP contribution in [0.25, 0.3) is 0 Å². The van der Waals surface area contributed by atoms with Crippen molar-refractivity contribution in [2.75, 3.05) is 13.2 Å². The summed E-state index contributed by atoms with van der Waals surface area (Å²) in [5.41, 5.74) is 0. The maximum atomic E-state index is 10.3. The van der Waals surface area contributed by atoms with Crippen LogP contribution >= 0.6 is 0 Å². The van der Waals surface area contributed by atoms with Crippen molar-refractivity contribution >= 4 is 5.91 Å². The molecular formula is C6H13NO3. The zero-order valence-electron chi connectivity index (χ0n) is 6.00. The third-order valence-corrected chi connectivity index (χ3v) is 1.06. The van der Waals surface area contributed by atoms with Crippen LogP contribution < -0.4 is 5.32 Å². The van der Waals surface area contributed by atoms with Gasteiger partial charge in [-0.15, -0.1) is 0 Å². The minimum Gasteiger partial charge on any atom is -0.394 e. The Balaban J connectivity index is 3.11. The number of aliphatic hydroxyl groups is 2. The van der Waals surface area contributed by atoms with Gasteiger partial charge in [0.25, 0.3) is 0 Å². The number of hydrogen-bond donors (Lipinski definition) is 3. The summed E-state index contributed by atoms with van der Waals surface area (Å²) in [6, 6.07) is 0. The van der Waals surface area contributed by atoms with E-state index in [0.29, 0.717) is 13.0 Å². The Bertz CT molecular complexity index is 105. The van der Waals surface area contributed by atoms with Crippen molar-refractivity contribution in [1.29, 1.82) is 0 Å². The molecule has 0 saturated heterocycles. The molecule has 10 heavy (non-hydrogen) atoms. The molecule has 4 nitrogen and oxygen atoms in total. The van der Waals surface area contributed by atoms with Crippen LogP contribution in [0.1, 0.15) is 13.3 Å². The highest BCUT2D eigenvalue weighted by Gasteiger charge is 2.00. The maximum absolute atomic E-state index is 10.3. The van der Waals surface area contributed by atoms with Gasteiger partial charge in [-0.1, -0.05) is 0 Å². The summed E-state index contributed by atoms with van der Waals surface area (Å²) >= 11 is 0. The predicted octanol–water partition coefficient (Wildman–Crippen LogP) is -1.13. The summed E-state index contributed by atoms with van der Waals surface area (Å²) in [6.07, 6.45) is -0.317. The van der Waals surface area contributed by atoms with Gasteiger partial charge in [-0.25, -0.2) is 0 Å². The minimum atomic E-state index is -0.716. The summed E-state index contributed by atoms with van der Waals surface area (Å²) < 4.78 is 0. The summed E-state index contributed by atoms with van der Waals surface area (Å²) in [6.45, 7) is 1.57. The lowest BCUT2D eigenvalue weighted by Gasteiger charge is -2.05. The molecule has 3 N–H and O–H groups in total. The summed E-state index contributed by atoms with van der Waals surface area (Å²) in [4.78, 5) is 10.3. The van der Waals surface area contributed by atoms with Gasteiger partial charge in [-0.05, 0) is 6.42 Å². The molecule has 60 valence electrons. The highest BCUT2D eigenvalue weighted by atomic mass is 16.3. The highest BCUT2D eigenvalue weighted by Crippen LogP contribution is 1.86. The highest BCUT2D eigenvalue weighted by molar-refractivity contribution is 5.72. The van der Waals surface area contributed by atoms with Crippen LogP contribution in [0.4, 0.5) is 0 Å². The molecule has 0 aliphatic rings. The van der Waals surface area contributed by atoms with E-state index < -0.39 is 6.10 Å². The van der Waals surface area contributed by atoms with E-state index in [-0.39, 0.29) is 12.5 Å². The number of amides is 1. The van der Waals surface area contributed by atoms with Crippen LogP contribution in [0.2, 0.25) is 0 Å². The van der Waals surface area contributed by atoms with Gasteiger partial charge in [0.15, 0.2) is 0 Å². The summed E-state index contributed by atoms with van der Waals surface area (Å²) in [5, 5.41) is 19.6. The lowest BCUT2D eigenvalue weighted by Crippen LogP contribution is -2.25. The van der Waals surface area contributed by atoms with Crippen LogP contribution in [0.15, 0.2) is 0 Å². The first-order valence-electron chi connectivity index (χ1n) is 3.20. The minimum absolute atomic E-state index is 0.120. The quantitative estimate of drug-likeness (QED) is 0.471. The third kappa shape index (κ3) is 5.53. The maximum Gasteiger partial charge on any atom is 0.216 e. The number of nitrogens with one attached hydrogen (secondary N) is 1. The van der Waals surface area contributed by atoms with Crippen molar-refractivity contribution in [3.05, 3.63) is 0 Å². The van der Waals surface area contributed by atoms with Crippen LogP contribution in [-0.4, -0.2) is 35.4 Å².